The molecule has 4 nitrogen and oxygen atoms in total. The highest BCUT2D eigenvalue weighted by Crippen LogP contribution is 2.36. The molecule has 0 saturated heterocycles. The van der Waals surface area contributed by atoms with Crippen LogP contribution in [0, 0.1) is 11.6 Å². The van der Waals surface area contributed by atoms with Crippen LogP contribution in [0.15, 0.2) is 18.2 Å². The van der Waals surface area contributed by atoms with Crippen LogP contribution in [0.5, 0.6) is 0 Å². The number of amides is 1. The SMILES string of the molecule is CC(CC(=O)NC1(C(=O)O)CC1)c1ccc(F)cc1F. The van der Waals surface area contributed by atoms with E-state index in [1.165, 1.54) is 6.07 Å². The van der Waals surface area contributed by atoms with Gasteiger partial charge in [-0.3, -0.25) is 4.79 Å². The summed E-state index contributed by atoms with van der Waals surface area (Å²) in [5, 5.41) is 11.4. The molecule has 0 bridgehead atoms. The van der Waals surface area contributed by atoms with Gasteiger partial charge in [-0.1, -0.05) is 13.0 Å². The fraction of sp³-hybridized carbons (Fsp3) is 0.429. The summed E-state index contributed by atoms with van der Waals surface area (Å²) >= 11 is 0. The highest BCUT2D eigenvalue weighted by atomic mass is 19.1. The first-order valence-corrected chi connectivity index (χ1v) is 6.33. The second-order valence-electron chi connectivity index (χ2n) is 5.21. The Kier molecular flexibility index (Phi) is 3.74. The van der Waals surface area contributed by atoms with E-state index in [1.807, 2.05) is 0 Å². The third kappa shape index (κ3) is 2.95. The average molecular weight is 283 g/mol. The monoisotopic (exact) mass is 283 g/mol. The molecule has 6 heteroatoms. The Morgan fingerprint density at radius 3 is 2.55 bits per heavy atom. The molecule has 0 aromatic heterocycles. The number of hydrogen-bond acceptors (Lipinski definition) is 2. The van der Waals surface area contributed by atoms with Gasteiger partial charge >= 0.3 is 5.97 Å². The number of benzene rings is 1. The number of carboxylic acids is 1. The first-order chi connectivity index (χ1) is 9.34. The molecule has 1 amide bonds. The lowest BCUT2D eigenvalue weighted by atomic mass is 9.96. The summed E-state index contributed by atoms with van der Waals surface area (Å²) in [4.78, 5) is 22.7. The number of aliphatic carboxylic acids is 1. The van der Waals surface area contributed by atoms with Crippen LogP contribution < -0.4 is 5.32 Å². The van der Waals surface area contributed by atoms with Crippen LogP contribution in [0.4, 0.5) is 8.78 Å². The minimum atomic E-state index is -1.14. The smallest absolute Gasteiger partial charge is 0.329 e. The van der Waals surface area contributed by atoms with Crippen molar-refractivity contribution in [2.75, 3.05) is 0 Å². The minimum Gasteiger partial charge on any atom is -0.480 e. The maximum absolute atomic E-state index is 13.6. The number of carbonyl (C=O) groups is 2. The van der Waals surface area contributed by atoms with Crippen molar-refractivity contribution in [3.63, 3.8) is 0 Å². The van der Waals surface area contributed by atoms with Crippen molar-refractivity contribution in [2.45, 2.75) is 37.6 Å². The van der Waals surface area contributed by atoms with Gasteiger partial charge in [0.15, 0.2) is 0 Å². The molecule has 1 fully saturated rings. The first-order valence-electron chi connectivity index (χ1n) is 6.33. The summed E-state index contributed by atoms with van der Waals surface area (Å²) in [6.07, 6.45) is 0.776. The molecule has 1 aliphatic rings. The average Bonchev–Trinajstić information content (AvgIpc) is 3.09. The highest BCUT2D eigenvalue weighted by molar-refractivity contribution is 5.89. The van der Waals surface area contributed by atoms with Crippen molar-refractivity contribution in [1.82, 2.24) is 5.32 Å². The van der Waals surface area contributed by atoms with Crippen LogP contribution in [-0.2, 0) is 9.59 Å². The van der Waals surface area contributed by atoms with Crippen molar-refractivity contribution < 1.29 is 23.5 Å². The second-order valence-corrected chi connectivity index (χ2v) is 5.21. The Hall–Kier alpha value is -1.98. The number of nitrogens with one attached hydrogen (secondary N) is 1. The third-order valence-corrected chi connectivity index (χ3v) is 3.52. The first kappa shape index (κ1) is 14.4. The van der Waals surface area contributed by atoms with E-state index in [9.17, 15) is 18.4 Å². The van der Waals surface area contributed by atoms with E-state index in [0.29, 0.717) is 12.8 Å². The lowest BCUT2D eigenvalue weighted by molar-refractivity contribution is -0.143. The van der Waals surface area contributed by atoms with E-state index < -0.39 is 35.0 Å². The molecular weight excluding hydrogens is 268 g/mol. The Bertz CT molecular complexity index is 555. The molecule has 20 heavy (non-hydrogen) atoms. The minimum absolute atomic E-state index is 0.0441. The number of carbonyl (C=O) groups excluding carboxylic acids is 1. The number of halogens is 2. The molecule has 108 valence electrons. The summed E-state index contributed by atoms with van der Waals surface area (Å²) in [7, 11) is 0. The van der Waals surface area contributed by atoms with Crippen LogP contribution >= 0.6 is 0 Å². The Morgan fingerprint density at radius 1 is 1.40 bits per heavy atom. The molecule has 1 aliphatic carbocycles. The van der Waals surface area contributed by atoms with Crippen LogP contribution in [0.2, 0.25) is 0 Å². The van der Waals surface area contributed by atoms with Crippen molar-refractivity contribution in [3.8, 4) is 0 Å². The van der Waals surface area contributed by atoms with Crippen LogP contribution in [-0.4, -0.2) is 22.5 Å². The zero-order valence-electron chi connectivity index (χ0n) is 11.0. The maximum atomic E-state index is 13.6. The summed E-state index contributed by atoms with van der Waals surface area (Å²) in [5.74, 6) is -3.33. The number of rotatable bonds is 5. The normalized spacial score (nSPS) is 17.4. The van der Waals surface area contributed by atoms with Crippen LogP contribution in [0.3, 0.4) is 0 Å². The fourth-order valence-electron chi connectivity index (χ4n) is 2.12. The predicted molar refractivity (Wildman–Crippen MR) is 67.1 cm³/mol. The standard InChI is InChI=1S/C14H15F2NO3/c1-8(10-3-2-9(15)7-11(10)16)6-12(18)17-14(4-5-14)13(19)20/h2-3,7-8H,4-6H2,1H3,(H,17,18)(H,19,20). The zero-order valence-corrected chi connectivity index (χ0v) is 11.0. The largest absolute Gasteiger partial charge is 0.480 e. The highest BCUT2D eigenvalue weighted by Gasteiger charge is 2.51. The summed E-state index contributed by atoms with van der Waals surface area (Å²) in [6.45, 7) is 1.64. The Balaban J connectivity index is 1.99. The molecule has 0 aliphatic heterocycles. The van der Waals surface area contributed by atoms with Crippen molar-refractivity contribution in [3.05, 3.63) is 35.4 Å². The summed E-state index contributed by atoms with van der Waals surface area (Å²) in [5.41, 5.74) is -0.903. The molecule has 1 unspecified atom stereocenters. The molecule has 1 saturated carbocycles. The van der Waals surface area contributed by atoms with Gasteiger partial charge < -0.3 is 10.4 Å². The van der Waals surface area contributed by atoms with Gasteiger partial charge in [0.05, 0.1) is 0 Å². The van der Waals surface area contributed by atoms with Gasteiger partial charge in [0.2, 0.25) is 5.91 Å². The topological polar surface area (TPSA) is 66.4 Å². The van der Waals surface area contributed by atoms with Gasteiger partial charge in [-0.2, -0.15) is 0 Å². The van der Waals surface area contributed by atoms with Crippen molar-refractivity contribution in [1.29, 1.82) is 0 Å². The van der Waals surface area contributed by atoms with Crippen LogP contribution in [0.25, 0.3) is 0 Å². The Labute approximate surface area is 114 Å². The zero-order chi connectivity index (χ0) is 14.9. The van der Waals surface area contributed by atoms with Crippen molar-refractivity contribution >= 4 is 11.9 Å². The van der Waals surface area contributed by atoms with Crippen LogP contribution in [0.1, 0.15) is 37.7 Å². The van der Waals surface area contributed by atoms with E-state index in [2.05, 4.69) is 5.32 Å². The van der Waals surface area contributed by atoms with Gasteiger partial charge in [-0.25, -0.2) is 13.6 Å². The lowest BCUT2D eigenvalue weighted by Crippen LogP contribution is -2.43. The molecular formula is C14H15F2NO3. The summed E-state index contributed by atoms with van der Waals surface area (Å²) < 4.78 is 26.4. The second kappa shape index (κ2) is 5.19. The van der Waals surface area contributed by atoms with Crippen molar-refractivity contribution in [2.24, 2.45) is 0 Å². The molecule has 0 radical (unpaired) electrons. The quantitative estimate of drug-likeness (QED) is 0.870. The van der Waals surface area contributed by atoms with Gasteiger partial charge in [-0.05, 0) is 30.4 Å². The molecule has 1 aromatic rings. The van der Waals surface area contributed by atoms with Gasteiger partial charge in [0.1, 0.15) is 17.2 Å². The van der Waals surface area contributed by atoms with Gasteiger partial charge in [0, 0.05) is 12.5 Å². The molecule has 2 rings (SSSR count). The van der Waals surface area contributed by atoms with E-state index in [1.54, 1.807) is 6.92 Å². The van der Waals surface area contributed by atoms with E-state index in [-0.39, 0.29) is 12.0 Å². The maximum Gasteiger partial charge on any atom is 0.329 e. The van der Waals surface area contributed by atoms with Gasteiger partial charge in [-0.15, -0.1) is 0 Å². The molecule has 1 atom stereocenters. The molecule has 0 spiro atoms. The molecule has 2 N–H and O–H groups in total. The van der Waals surface area contributed by atoms with E-state index in [0.717, 1.165) is 12.1 Å². The Morgan fingerprint density at radius 2 is 2.05 bits per heavy atom. The number of hydrogen-bond donors (Lipinski definition) is 2. The predicted octanol–water partition coefficient (Wildman–Crippen LogP) is 2.19. The lowest BCUT2D eigenvalue weighted by Gasteiger charge is -2.16. The van der Waals surface area contributed by atoms with E-state index >= 15 is 0 Å². The molecule has 0 heterocycles. The fourth-order valence-corrected chi connectivity index (χ4v) is 2.12. The summed E-state index contributed by atoms with van der Waals surface area (Å²) in [6, 6.07) is 3.20. The number of carboxylic acid groups (broad SMARTS) is 1. The van der Waals surface area contributed by atoms with E-state index in [4.69, 9.17) is 5.11 Å². The van der Waals surface area contributed by atoms with Gasteiger partial charge in [0.25, 0.3) is 0 Å². The third-order valence-electron chi connectivity index (χ3n) is 3.52. The molecule has 1 aromatic carbocycles.